The van der Waals surface area contributed by atoms with Crippen molar-refractivity contribution in [2.24, 2.45) is 0 Å². The fraction of sp³-hybridized carbons (Fsp3) is 0.688. The van der Waals surface area contributed by atoms with Crippen molar-refractivity contribution < 1.29 is 4.79 Å². The predicted molar refractivity (Wildman–Crippen MR) is 92.8 cm³/mol. The Balaban J connectivity index is 3.31. The van der Waals surface area contributed by atoms with Gasteiger partial charge in [-0.2, -0.15) is 0 Å². The molecule has 0 aliphatic carbocycles. The van der Waals surface area contributed by atoms with Crippen LogP contribution in [0.1, 0.15) is 59.3 Å². The first-order chi connectivity index (χ1) is 11.0. The summed E-state index contributed by atoms with van der Waals surface area (Å²) in [6.07, 6.45) is 4.70. The molecular weight excluding hydrogens is 296 g/mol. The molecule has 0 saturated heterocycles. The van der Waals surface area contributed by atoms with Gasteiger partial charge in [0.2, 0.25) is 5.91 Å². The van der Waals surface area contributed by atoms with E-state index in [9.17, 15) is 14.4 Å². The van der Waals surface area contributed by atoms with Gasteiger partial charge in [-0.15, -0.1) is 0 Å². The molecule has 0 aliphatic rings. The van der Waals surface area contributed by atoms with Crippen molar-refractivity contribution in [3.8, 4) is 0 Å². The van der Waals surface area contributed by atoms with Crippen molar-refractivity contribution in [2.45, 2.75) is 65.8 Å². The van der Waals surface area contributed by atoms with E-state index in [-0.39, 0.29) is 23.8 Å². The van der Waals surface area contributed by atoms with Crippen molar-refractivity contribution in [2.75, 3.05) is 17.2 Å². The second kappa shape index (κ2) is 9.17. The van der Waals surface area contributed by atoms with E-state index >= 15 is 0 Å². The summed E-state index contributed by atoms with van der Waals surface area (Å²) < 4.78 is 1.34. The summed E-state index contributed by atoms with van der Waals surface area (Å²) >= 11 is 0. The molecule has 1 aromatic rings. The number of amides is 1. The number of aromatic nitrogens is 2. The van der Waals surface area contributed by atoms with Crippen LogP contribution >= 0.6 is 0 Å². The van der Waals surface area contributed by atoms with Gasteiger partial charge in [-0.05, 0) is 12.8 Å². The highest BCUT2D eigenvalue weighted by Gasteiger charge is 2.22. The van der Waals surface area contributed by atoms with E-state index in [1.54, 1.807) is 6.92 Å². The van der Waals surface area contributed by atoms with Crippen LogP contribution in [0.25, 0.3) is 0 Å². The Hall–Kier alpha value is -2.05. The van der Waals surface area contributed by atoms with Crippen molar-refractivity contribution in [1.29, 1.82) is 0 Å². The average molecular weight is 324 g/mol. The third kappa shape index (κ3) is 4.71. The minimum atomic E-state index is -0.599. The molecule has 0 radical (unpaired) electrons. The molecule has 0 bridgehead atoms. The van der Waals surface area contributed by atoms with Gasteiger partial charge >= 0.3 is 5.69 Å². The molecule has 0 atom stereocenters. The average Bonchev–Trinajstić information content (AvgIpc) is 2.52. The van der Waals surface area contributed by atoms with Crippen LogP contribution in [0.15, 0.2) is 9.59 Å². The van der Waals surface area contributed by atoms with Crippen LogP contribution in [0.5, 0.6) is 0 Å². The second-order valence-corrected chi connectivity index (χ2v) is 5.60. The molecule has 0 unspecified atom stereocenters. The minimum Gasteiger partial charge on any atom is -0.383 e. The zero-order valence-electron chi connectivity index (χ0n) is 14.4. The van der Waals surface area contributed by atoms with Gasteiger partial charge in [0.05, 0.1) is 0 Å². The molecule has 0 aliphatic heterocycles. The summed E-state index contributed by atoms with van der Waals surface area (Å²) in [7, 11) is 0. The van der Waals surface area contributed by atoms with Crippen molar-refractivity contribution in [3.63, 3.8) is 0 Å². The van der Waals surface area contributed by atoms with Crippen LogP contribution in [0.3, 0.4) is 0 Å². The lowest BCUT2D eigenvalue weighted by Crippen LogP contribution is -2.41. The molecule has 1 heterocycles. The van der Waals surface area contributed by atoms with Gasteiger partial charge in [0, 0.05) is 19.5 Å². The number of nitrogen functional groups attached to an aromatic ring is 1. The first-order valence-corrected chi connectivity index (χ1v) is 8.40. The number of aromatic amines is 1. The number of hydrogen-bond donors (Lipinski definition) is 2. The smallest absolute Gasteiger partial charge is 0.330 e. The lowest BCUT2D eigenvalue weighted by Gasteiger charge is -2.24. The van der Waals surface area contributed by atoms with Gasteiger partial charge in [0.15, 0.2) is 5.69 Å². The Kier molecular flexibility index (Phi) is 7.57. The lowest BCUT2D eigenvalue weighted by atomic mass is 10.2. The van der Waals surface area contributed by atoms with Gasteiger partial charge in [0.25, 0.3) is 5.56 Å². The third-order valence-corrected chi connectivity index (χ3v) is 3.81. The molecule has 0 fully saturated rings. The summed E-state index contributed by atoms with van der Waals surface area (Å²) in [6, 6.07) is 0. The summed E-state index contributed by atoms with van der Waals surface area (Å²) in [4.78, 5) is 40.2. The summed E-state index contributed by atoms with van der Waals surface area (Å²) in [5.74, 6) is -0.0931. The standard InChI is InChI=1S/C16H28N4O3/c1-4-7-9-11-19(12(21)6-3)13-14(17)20(10-8-5-2)16(23)18-15(13)22/h4-11,17H2,1-3H3,(H,18,22,23). The molecule has 7 heteroatoms. The monoisotopic (exact) mass is 324 g/mol. The van der Waals surface area contributed by atoms with Crippen LogP contribution in [0, 0.1) is 0 Å². The number of anilines is 2. The van der Waals surface area contributed by atoms with E-state index in [0.29, 0.717) is 13.1 Å². The number of H-pyrrole nitrogens is 1. The van der Waals surface area contributed by atoms with Crippen LogP contribution in [-0.2, 0) is 11.3 Å². The van der Waals surface area contributed by atoms with Gasteiger partial charge in [-0.1, -0.05) is 40.0 Å². The number of nitrogens with zero attached hydrogens (tertiary/aromatic N) is 2. The summed E-state index contributed by atoms with van der Waals surface area (Å²) in [5.41, 5.74) is 5.05. The Bertz CT molecular complexity index is 633. The molecule has 0 aromatic carbocycles. The molecular formula is C16H28N4O3. The predicted octanol–water partition coefficient (Wildman–Crippen LogP) is 1.85. The Labute approximate surface area is 136 Å². The fourth-order valence-corrected chi connectivity index (χ4v) is 2.45. The fourth-order valence-electron chi connectivity index (χ4n) is 2.45. The SMILES string of the molecule is CCCCCN(C(=O)CC)c1c(N)n(CCCC)c(=O)[nH]c1=O. The number of carbonyl (C=O) groups is 1. The second-order valence-electron chi connectivity index (χ2n) is 5.60. The highest BCUT2D eigenvalue weighted by molar-refractivity contribution is 5.95. The van der Waals surface area contributed by atoms with E-state index in [2.05, 4.69) is 11.9 Å². The van der Waals surface area contributed by atoms with E-state index in [1.165, 1.54) is 9.47 Å². The first-order valence-electron chi connectivity index (χ1n) is 8.40. The maximum atomic E-state index is 12.3. The van der Waals surface area contributed by atoms with Crippen LogP contribution in [0.2, 0.25) is 0 Å². The highest BCUT2D eigenvalue weighted by atomic mass is 16.2. The Morgan fingerprint density at radius 1 is 1.13 bits per heavy atom. The zero-order chi connectivity index (χ0) is 17.4. The number of rotatable bonds is 9. The first kappa shape index (κ1) is 19.0. The van der Waals surface area contributed by atoms with Crippen molar-refractivity contribution in [1.82, 2.24) is 9.55 Å². The van der Waals surface area contributed by atoms with E-state index in [1.807, 2.05) is 6.92 Å². The topological polar surface area (TPSA) is 101 Å². The van der Waals surface area contributed by atoms with E-state index in [0.717, 1.165) is 32.1 Å². The molecule has 1 rings (SSSR count). The van der Waals surface area contributed by atoms with Crippen LogP contribution in [0.4, 0.5) is 11.5 Å². The number of unbranched alkanes of at least 4 members (excludes halogenated alkanes) is 3. The largest absolute Gasteiger partial charge is 0.383 e. The minimum absolute atomic E-state index is 0.0745. The van der Waals surface area contributed by atoms with Gasteiger partial charge in [-0.3, -0.25) is 19.1 Å². The lowest BCUT2D eigenvalue weighted by molar-refractivity contribution is -0.118. The number of carbonyl (C=O) groups excluding carboxylic acids is 1. The molecule has 3 N–H and O–H groups in total. The van der Waals surface area contributed by atoms with Crippen LogP contribution < -0.4 is 21.9 Å². The Morgan fingerprint density at radius 2 is 1.78 bits per heavy atom. The normalized spacial score (nSPS) is 10.7. The molecule has 1 amide bonds. The third-order valence-electron chi connectivity index (χ3n) is 3.81. The molecule has 23 heavy (non-hydrogen) atoms. The number of nitrogens with one attached hydrogen (secondary N) is 1. The molecule has 130 valence electrons. The summed E-state index contributed by atoms with van der Waals surface area (Å²) in [6.45, 7) is 6.67. The van der Waals surface area contributed by atoms with Crippen molar-refractivity contribution >= 4 is 17.4 Å². The molecule has 0 saturated carbocycles. The number of hydrogen-bond acceptors (Lipinski definition) is 4. The van der Waals surface area contributed by atoms with Gasteiger partial charge in [-0.25, -0.2) is 4.79 Å². The zero-order valence-corrected chi connectivity index (χ0v) is 14.4. The molecule has 1 aromatic heterocycles. The maximum absolute atomic E-state index is 12.3. The van der Waals surface area contributed by atoms with Gasteiger partial charge < -0.3 is 10.6 Å². The maximum Gasteiger partial charge on any atom is 0.330 e. The van der Waals surface area contributed by atoms with Crippen LogP contribution in [-0.4, -0.2) is 22.0 Å². The summed E-state index contributed by atoms with van der Waals surface area (Å²) in [5, 5.41) is 0. The van der Waals surface area contributed by atoms with E-state index < -0.39 is 11.2 Å². The van der Waals surface area contributed by atoms with Crippen molar-refractivity contribution in [3.05, 3.63) is 20.8 Å². The van der Waals surface area contributed by atoms with Gasteiger partial charge in [0.1, 0.15) is 5.82 Å². The molecule has 7 nitrogen and oxygen atoms in total. The molecule has 0 spiro atoms. The highest BCUT2D eigenvalue weighted by Crippen LogP contribution is 2.19. The quantitative estimate of drug-likeness (QED) is 0.677. The Morgan fingerprint density at radius 3 is 2.35 bits per heavy atom. The number of nitrogens with two attached hydrogens (primary N) is 1. The van der Waals surface area contributed by atoms with E-state index in [4.69, 9.17) is 5.73 Å².